The quantitative estimate of drug-likeness (QED) is 0.724. The van der Waals surface area contributed by atoms with Gasteiger partial charge in [0.05, 0.1) is 10.6 Å². The minimum absolute atomic E-state index is 0.0224. The van der Waals surface area contributed by atoms with Crippen molar-refractivity contribution in [2.24, 2.45) is 0 Å². The number of amides is 2. The predicted octanol–water partition coefficient (Wildman–Crippen LogP) is 3.71. The zero-order valence-corrected chi connectivity index (χ0v) is 14.9. The summed E-state index contributed by atoms with van der Waals surface area (Å²) in [5, 5.41) is 2.33. The molecular formula is C17H11Cl2F2NO5. The molecule has 0 saturated heterocycles. The first-order valence-corrected chi connectivity index (χ1v) is 8.03. The van der Waals surface area contributed by atoms with Crippen LogP contribution in [0.25, 0.3) is 0 Å². The summed E-state index contributed by atoms with van der Waals surface area (Å²) in [6.45, 7) is -3.73. The van der Waals surface area contributed by atoms with Gasteiger partial charge in [0.15, 0.2) is 6.61 Å². The van der Waals surface area contributed by atoms with E-state index in [0.29, 0.717) is 0 Å². The molecule has 0 aromatic heterocycles. The van der Waals surface area contributed by atoms with E-state index in [0.717, 1.165) is 12.1 Å². The van der Waals surface area contributed by atoms with Gasteiger partial charge in [0, 0.05) is 10.6 Å². The molecular weight excluding hydrogens is 407 g/mol. The van der Waals surface area contributed by atoms with Crippen LogP contribution in [0.5, 0.6) is 5.75 Å². The van der Waals surface area contributed by atoms with E-state index in [1.54, 1.807) is 0 Å². The molecule has 0 aliphatic carbocycles. The second-order valence-corrected chi connectivity index (χ2v) is 5.82. The maximum atomic E-state index is 12.1. The minimum atomic E-state index is -2.99. The molecule has 1 N–H and O–H groups in total. The third-order valence-electron chi connectivity index (χ3n) is 3.08. The molecule has 2 aromatic carbocycles. The highest BCUT2D eigenvalue weighted by Gasteiger charge is 2.16. The first-order chi connectivity index (χ1) is 12.8. The number of benzene rings is 2. The van der Waals surface area contributed by atoms with Gasteiger partial charge in [0.25, 0.3) is 11.8 Å². The summed E-state index contributed by atoms with van der Waals surface area (Å²) in [6.07, 6.45) is 0. The molecule has 0 aliphatic rings. The van der Waals surface area contributed by atoms with Crippen molar-refractivity contribution in [2.75, 3.05) is 6.61 Å². The van der Waals surface area contributed by atoms with E-state index >= 15 is 0 Å². The van der Waals surface area contributed by atoms with E-state index in [-0.39, 0.29) is 26.9 Å². The largest absolute Gasteiger partial charge is 0.452 e. The lowest BCUT2D eigenvalue weighted by molar-refractivity contribution is -0.123. The number of imide groups is 1. The fraction of sp³-hybridized carbons (Fsp3) is 0.118. The second kappa shape index (κ2) is 9.29. The smallest absolute Gasteiger partial charge is 0.387 e. The van der Waals surface area contributed by atoms with Gasteiger partial charge in [-0.2, -0.15) is 8.78 Å². The van der Waals surface area contributed by atoms with Crippen LogP contribution in [0.4, 0.5) is 8.78 Å². The van der Waals surface area contributed by atoms with Crippen molar-refractivity contribution in [1.29, 1.82) is 0 Å². The van der Waals surface area contributed by atoms with Crippen LogP contribution in [0.1, 0.15) is 20.7 Å². The molecule has 0 spiro atoms. The van der Waals surface area contributed by atoms with Gasteiger partial charge in [-0.3, -0.25) is 14.9 Å². The number of nitrogens with one attached hydrogen (secondary N) is 1. The fourth-order valence-electron chi connectivity index (χ4n) is 1.89. The zero-order chi connectivity index (χ0) is 20.0. The molecule has 142 valence electrons. The Balaban J connectivity index is 1.88. The SMILES string of the molecule is O=C(COC(=O)c1cc(Cl)ccc1Cl)NC(=O)c1ccc(OC(F)F)cc1. The Morgan fingerprint density at radius 1 is 1.04 bits per heavy atom. The van der Waals surface area contributed by atoms with Crippen molar-refractivity contribution in [3.05, 3.63) is 63.6 Å². The highest BCUT2D eigenvalue weighted by Crippen LogP contribution is 2.21. The maximum absolute atomic E-state index is 12.1. The minimum Gasteiger partial charge on any atom is -0.452 e. The molecule has 10 heteroatoms. The Labute approximate surface area is 162 Å². The van der Waals surface area contributed by atoms with Crippen LogP contribution < -0.4 is 10.1 Å². The summed E-state index contributed by atoms with van der Waals surface area (Å²) >= 11 is 11.6. The van der Waals surface area contributed by atoms with Crippen molar-refractivity contribution < 1.29 is 32.6 Å². The number of carbonyl (C=O) groups excluding carboxylic acids is 3. The van der Waals surface area contributed by atoms with Crippen LogP contribution in [0.2, 0.25) is 10.0 Å². The number of carbonyl (C=O) groups is 3. The summed E-state index contributed by atoms with van der Waals surface area (Å²) in [7, 11) is 0. The van der Waals surface area contributed by atoms with Crippen molar-refractivity contribution in [1.82, 2.24) is 5.32 Å². The Bertz CT molecular complexity index is 859. The molecule has 0 heterocycles. The van der Waals surface area contributed by atoms with Gasteiger partial charge in [0.2, 0.25) is 0 Å². The average molecular weight is 418 g/mol. The predicted molar refractivity (Wildman–Crippen MR) is 92.3 cm³/mol. The number of esters is 1. The first kappa shape index (κ1) is 20.6. The van der Waals surface area contributed by atoms with Gasteiger partial charge in [-0.25, -0.2) is 4.79 Å². The maximum Gasteiger partial charge on any atom is 0.387 e. The summed E-state index contributed by atoms with van der Waals surface area (Å²) < 4.78 is 33.1. The lowest BCUT2D eigenvalue weighted by Crippen LogP contribution is -2.34. The van der Waals surface area contributed by atoms with Crippen molar-refractivity contribution in [3.8, 4) is 5.75 Å². The van der Waals surface area contributed by atoms with Crippen LogP contribution in [0.3, 0.4) is 0 Å². The van der Waals surface area contributed by atoms with E-state index in [2.05, 4.69) is 4.74 Å². The molecule has 0 aliphatic heterocycles. The molecule has 0 bridgehead atoms. The average Bonchev–Trinajstić information content (AvgIpc) is 2.61. The summed E-state index contributed by atoms with van der Waals surface area (Å²) in [6, 6.07) is 8.82. The highest BCUT2D eigenvalue weighted by atomic mass is 35.5. The van der Waals surface area contributed by atoms with E-state index in [9.17, 15) is 23.2 Å². The van der Waals surface area contributed by atoms with Gasteiger partial charge in [-0.15, -0.1) is 0 Å². The van der Waals surface area contributed by atoms with E-state index in [4.69, 9.17) is 27.9 Å². The Kier molecular flexibility index (Phi) is 7.09. The summed E-state index contributed by atoms with van der Waals surface area (Å²) in [4.78, 5) is 35.5. The van der Waals surface area contributed by atoms with E-state index in [1.807, 2.05) is 5.32 Å². The lowest BCUT2D eigenvalue weighted by Gasteiger charge is -2.08. The fourth-order valence-corrected chi connectivity index (χ4v) is 2.25. The van der Waals surface area contributed by atoms with Gasteiger partial charge >= 0.3 is 12.6 Å². The number of alkyl halides is 2. The molecule has 2 rings (SSSR count). The molecule has 0 radical (unpaired) electrons. The third-order valence-corrected chi connectivity index (χ3v) is 3.64. The molecule has 2 amide bonds. The monoisotopic (exact) mass is 417 g/mol. The Hall–Kier alpha value is -2.71. The molecule has 27 heavy (non-hydrogen) atoms. The van der Waals surface area contributed by atoms with Crippen LogP contribution in [-0.4, -0.2) is 31.0 Å². The lowest BCUT2D eigenvalue weighted by atomic mass is 10.2. The van der Waals surface area contributed by atoms with Crippen molar-refractivity contribution in [2.45, 2.75) is 6.61 Å². The van der Waals surface area contributed by atoms with Gasteiger partial charge in [0.1, 0.15) is 5.75 Å². The molecule has 0 fully saturated rings. The summed E-state index contributed by atoms with van der Waals surface area (Å²) in [5.74, 6) is -2.72. The van der Waals surface area contributed by atoms with E-state index < -0.39 is 31.0 Å². The van der Waals surface area contributed by atoms with Crippen LogP contribution in [0, 0.1) is 0 Å². The van der Waals surface area contributed by atoms with Gasteiger partial charge in [-0.05, 0) is 42.5 Å². The van der Waals surface area contributed by atoms with Crippen LogP contribution in [-0.2, 0) is 9.53 Å². The second-order valence-electron chi connectivity index (χ2n) is 4.98. The molecule has 6 nitrogen and oxygen atoms in total. The number of ether oxygens (including phenoxy) is 2. The number of hydrogen-bond acceptors (Lipinski definition) is 5. The van der Waals surface area contributed by atoms with Crippen LogP contribution in [0.15, 0.2) is 42.5 Å². The van der Waals surface area contributed by atoms with Crippen molar-refractivity contribution in [3.63, 3.8) is 0 Å². The normalized spacial score (nSPS) is 10.4. The third kappa shape index (κ3) is 6.19. The Morgan fingerprint density at radius 3 is 2.33 bits per heavy atom. The molecule has 2 aromatic rings. The highest BCUT2D eigenvalue weighted by molar-refractivity contribution is 6.35. The number of halogens is 4. The van der Waals surface area contributed by atoms with Crippen LogP contribution >= 0.6 is 23.2 Å². The molecule has 0 unspecified atom stereocenters. The van der Waals surface area contributed by atoms with Gasteiger partial charge in [-0.1, -0.05) is 23.2 Å². The van der Waals surface area contributed by atoms with Crippen molar-refractivity contribution >= 4 is 41.0 Å². The number of hydrogen-bond donors (Lipinski definition) is 1. The summed E-state index contributed by atoms with van der Waals surface area (Å²) in [5.41, 5.74) is -0.00732. The molecule has 0 saturated carbocycles. The zero-order valence-electron chi connectivity index (χ0n) is 13.4. The number of rotatable bonds is 6. The van der Waals surface area contributed by atoms with E-state index in [1.165, 1.54) is 30.3 Å². The van der Waals surface area contributed by atoms with Gasteiger partial charge < -0.3 is 9.47 Å². The molecule has 0 atom stereocenters. The first-order valence-electron chi connectivity index (χ1n) is 7.27. The Morgan fingerprint density at radius 2 is 1.70 bits per heavy atom. The standard InChI is InChI=1S/C17H11Cl2F2NO5/c18-10-3-6-13(19)12(7-10)16(25)26-8-14(23)22-15(24)9-1-4-11(5-2-9)27-17(20)21/h1-7,17H,8H2,(H,22,23,24). The topological polar surface area (TPSA) is 81.7 Å².